The van der Waals surface area contributed by atoms with Crippen molar-refractivity contribution in [3.05, 3.63) is 26.7 Å². The van der Waals surface area contributed by atoms with Crippen molar-refractivity contribution in [3.8, 4) is 0 Å². The Morgan fingerprint density at radius 3 is 2.35 bits per heavy atom. The molecule has 0 aliphatic heterocycles. The first-order valence-corrected chi connectivity index (χ1v) is 6.14. The van der Waals surface area contributed by atoms with Crippen molar-refractivity contribution in [1.82, 2.24) is 18.7 Å². The second kappa shape index (κ2) is 4.62. The molecule has 8 nitrogen and oxygen atoms in total. The highest BCUT2D eigenvalue weighted by molar-refractivity contribution is 5.74. The maximum atomic E-state index is 12.1. The fraction of sp³-hybridized carbons (Fsp3) is 0.500. The van der Waals surface area contributed by atoms with E-state index in [1.165, 1.54) is 18.7 Å². The number of rotatable bonds is 3. The summed E-state index contributed by atoms with van der Waals surface area (Å²) in [6, 6.07) is -0.118. The standard InChI is InChI=1S/C12H16N4O4/c1-6(2)16-7(5-8(17)18)13-9-10(16)14(3)12(20)15(4)11(9)19/h6H,5H2,1-4H3,(H,17,18). The minimum Gasteiger partial charge on any atom is -0.481 e. The number of carboxylic acid groups (broad SMARTS) is 1. The lowest BCUT2D eigenvalue weighted by Gasteiger charge is -2.14. The Hall–Kier alpha value is -2.38. The number of hydrogen-bond acceptors (Lipinski definition) is 4. The molecule has 2 rings (SSSR count). The van der Waals surface area contributed by atoms with E-state index >= 15 is 0 Å². The van der Waals surface area contributed by atoms with Crippen LogP contribution in [0.25, 0.3) is 11.2 Å². The lowest BCUT2D eigenvalue weighted by molar-refractivity contribution is -0.136. The van der Waals surface area contributed by atoms with Gasteiger partial charge in [0, 0.05) is 20.1 Å². The van der Waals surface area contributed by atoms with Gasteiger partial charge in [0.05, 0.1) is 0 Å². The minimum atomic E-state index is -1.04. The van der Waals surface area contributed by atoms with Crippen LogP contribution < -0.4 is 11.2 Å². The van der Waals surface area contributed by atoms with Crippen LogP contribution >= 0.6 is 0 Å². The Bertz CT molecular complexity index is 809. The number of imidazole rings is 1. The summed E-state index contributed by atoms with van der Waals surface area (Å²) in [4.78, 5) is 39.1. The Morgan fingerprint density at radius 1 is 1.25 bits per heavy atom. The van der Waals surface area contributed by atoms with Crippen molar-refractivity contribution in [2.45, 2.75) is 26.3 Å². The number of carboxylic acids is 1. The molecule has 0 atom stereocenters. The highest BCUT2D eigenvalue weighted by Crippen LogP contribution is 2.18. The normalized spacial score (nSPS) is 11.4. The third kappa shape index (κ3) is 1.93. The van der Waals surface area contributed by atoms with E-state index in [2.05, 4.69) is 4.98 Å². The zero-order chi connectivity index (χ0) is 15.2. The summed E-state index contributed by atoms with van der Waals surface area (Å²) in [5.74, 6) is -0.773. The zero-order valence-corrected chi connectivity index (χ0v) is 11.7. The summed E-state index contributed by atoms with van der Waals surface area (Å²) >= 11 is 0. The molecule has 0 fully saturated rings. The van der Waals surface area contributed by atoms with Crippen molar-refractivity contribution < 1.29 is 9.90 Å². The van der Waals surface area contributed by atoms with Gasteiger partial charge < -0.3 is 9.67 Å². The molecule has 2 aromatic heterocycles. The van der Waals surface area contributed by atoms with Gasteiger partial charge in [-0.15, -0.1) is 0 Å². The highest BCUT2D eigenvalue weighted by atomic mass is 16.4. The molecule has 0 radical (unpaired) electrons. The predicted octanol–water partition coefficient (Wildman–Crippen LogP) is -0.358. The van der Waals surface area contributed by atoms with E-state index in [1.54, 1.807) is 4.57 Å². The Balaban J connectivity index is 2.99. The molecule has 0 aromatic carbocycles. The number of hydrogen-bond donors (Lipinski definition) is 1. The molecule has 0 spiro atoms. The first-order chi connectivity index (χ1) is 9.25. The lowest BCUT2D eigenvalue weighted by atomic mass is 10.3. The van der Waals surface area contributed by atoms with E-state index < -0.39 is 17.2 Å². The van der Waals surface area contributed by atoms with Crippen LogP contribution in [-0.2, 0) is 25.3 Å². The van der Waals surface area contributed by atoms with Crippen LogP contribution in [0.15, 0.2) is 9.59 Å². The number of fused-ring (bicyclic) bond motifs is 1. The van der Waals surface area contributed by atoms with Crippen molar-refractivity contribution in [3.63, 3.8) is 0 Å². The Labute approximate surface area is 113 Å². The van der Waals surface area contributed by atoms with Crippen molar-refractivity contribution in [2.75, 3.05) is 0 Å². The molecule has 1 N–H and O–H groups in total. The maximum Gasteiger partial charge on any atom is 0.332 e. The van der Waals surface area contributed by atoms with Crippen LogP contribution in [0.3, 0.4) is 0 Å². The van der Waals surface area contributed by atoms with Gasteiger partial charge in [0.15, 0.2) is 5.52 Å². The van der Waals surface area contributed by atoms with Gasteiger partial charge in [-0.05, 0) is 13.8 Å². The number of carbonyl (C=O) groups is 1. The fourth-order valence-corrected chi connectivity index (χ4v) is 2.30. The second-order valence-corrected chi connectivity index (χ2v) is 4.94. The highest BCUT2D eigenvalue weighted by Gasteiger charge is 2.21. The number of aliphatic carboxylic acids is 1. The average Bonchev–Trinajstić information content (AvgIpc) is 2.72. The quantitative estimate of drug-likeness (QED) is 0.828. The first kappa shape index (κ1) is 14.0. The Kier molecular flexibility index (Phi) is 3.24. The summed E-state index contributed by atoms with van der Waals surface area (Å²) in [5, 5.41) is 8.94. The molecule has 2 aromatic rings. The van der Waals surface area contributed by atoms with Gasteiger partial charge in [-0.2, -0.15) is 0 Å². The average molecular weight is 280 g/mol. The molecule has 0 saturated carbocycles. The van der Waals surface area contributed by atoms with Gasteiger partial charge in [0.1, 0.15) is 17.9 Å². The van der Waals surface area contributed by atoms with Gasteiger partial charge in [0.2, 0.25) is 0 Å². The number of aryl methyl sites for hydroxylation is 1. The summed E-state index contributed by atoms with van der Waals surface area (Å²) in [7, 11) is 2.91. The van der Waals surface area contributed by atoms with Gasteiger partial charge in [-0.3, -0.25) is 18.7 Å². The van der Waals surface area contributed by atoms with Crippen molar-refractivity contribution >= 4 is 17.1 Å². The van der Waals surface area contributed by atoms with E-state index in [0.29, 0.717) is 5.65 Å². The van der Waals surface area contributed by atoms with Crippen LogP contribution in [0.2, 0.25) is 0 Å². The number of nitrogens with zero attached hydrogens (tertiary/aromatic N) is 4. The molecule has 0 amide bonds. The van der Waals surface area contributed by atoms with Gasteiger partial charge in [0.25, 0.3) is 5.56 Å². The minimum absolute atomic E-state index is 0.111. The molecule has 0 bridgehead atoms. The Morgan fingerprint density at radius 2 is 1.85 bits per heavy atom. The third-order valence-corrected chi connectivity index (χ3v) is 3.18. The molecule has 108 valence electrons. The zero-order valence-electron chi connectivity index (χ0n) is 11.7. The predicted molar refractivity (Wildman–Crippen MR) is 71.9 cm³/mol. The van der Waals surface area contributed by atoms with E-state index in [-0.39, 0.29) is 23.8 Å². The molecule has 8 heteroatoms. The van der Waals surface area contributed by atoms with E-state index in [4.69, 9.17) is 5.11 Å². The molecular weight excluding hydrogens is 264 g/mol. The van der Waals surface area contributed by atoms with E-state index in [1.807, 2.05) is 13.8 Å². The molecule has 0 aliphatic carbocycles. The number of aromatic nitrogens is 4. The van der Waals surface area contributed by atoms with E-state index in [9.17, 15) is 14.4 Å². The second-order valence-electron chi connectivity index (χ2n) is 4.94. The van der Waals surface area contributed by atoms with Crippen molar-refractivity contribution in [1.29, 1.82) is 0 Å². The maximum absolute atomic E-state index is 12.1. The van der Waals surface area contributed by atoms with Crippen LogP contribution in [0.4, 0.5) is 0 Å². The topological polar surface area (TPSA) is 99.1 Å². The van der Waals surface area contributed by atoms with Gasteiger partial charge >= 0.3 is 11.7 Å². The monoisotopic (exact) mass is 280 g/mol. The van der Waals surface area contributed by atoms with Crippen LogP contribution in [0.1, 0.15) is 25.7 Å². The summed E-state index contributed by atoms with van der Waals surface area (Å²) in [6.45, 7) is 3.68. The van der Waals surface area contributed by atoms with Crippen LogP contribution in [0.5, 0.6) is 0 Å². The smallest absolute Gasteiger partial charge is 0.332 e. The fourth-order valence-electron chi connectivity index (χ4n) is 2.30. The molecule has 20 heavy (non-hydrogen) atoms. The summed E-state index contributed by atoms with van der Waals surface area (Å²) < 4.78 is 3.89. The van der Waals surface area contributed by atoms with Gasteiger partial charge in [-0.1, -0.05) is 0 Å². The third-order valence-electron chi connectivity index (χ3n) is 3.18. The SMILES string of the molecule is CC(C)n1c(CC(=O)O)nc2c(=O)n(C)c(=O)n(C)c21. The summed E-state index contributed by atoms with van der Waals surface area (Å²) in [5.41, 5.74) is -0.524. The molecule has 0 unspecified atom stereocenters. The summed E-state index contributed by atoms with van der Waals surface area (Å²) in [6.07, 6.45) is -0.301. The largest absolute Gasteiger partial charge is 0.481 e. The molecule has 0 saturated heterocycles. The van der Waals surface area contributed by atoms with E-state index in [0.717, 1.165) is 4.57 Å². The van der Waals surface area contributed by atoms with Crippen LogP contribution in [0, 0.1) is 0 Å². The van der Waals surface area contributed by atoms with Crippen LogP contribution in [-0.4, -0.2) is 29.8 Å². The van der Waals surface area contributed by atoms with Gasteiger partial charge in [-0.25, -0.2) is 9.78 Å². The lowest BCUT2D eigenvalue weighted by Crippen LogP contribution is -2.37. The molecular formula is C12H16N4O4. The molecule has 2 heterocycles. The molecule has 0 aliphatic rings. The van der Waals surface area contributed by atoms with Crippen molar-refractivity contribution in [2.24, 2.45) is 14.1 Å². The first-order valence-electron chi connectivity index (χ1n) is 6.14.